The molecule has 0 radical (unpaired) electrons. The normalized spacial score (nSPS) is 10.4. The zero-order valence-corrected chi connectivity index (χ0v) is 28.1. The molecule has 0 heterocycles. The molecule has 4 N–H and O–H groups in total. The van der Waals surface area contributed by atoms with Crippen molar-refractivity contribution in [1.29, 1.82) is 0 Å². The van der Waals surface area contributed by atoms with Crippen LogP contribution < -0.4 is 10.6 Å². The number of Topliss-reactive ketones (excluding diaryl/α,β-unsaturated/α-hetero) is 2. The molecule has 0 amide bonds. The first-order valence-electron chi connectivity index (χ1n) is 15.8. The van der Waals surface area contributed by atoms with Crippen molar-refractivity contribution in [2.75, 3.05) is 17.4 Å². The summed E-state index contributed by atoms with van der Waals surface area (Å²) in [6, 6.07) is 42.3. The molecule has 0 fully saturated rings. The Morgan fingerprint density at radius 3 is 1.36 bits per heavy atom. The maximum atomic E-state index is 11.5. The number of carbonyl (C=O) groups is 2. The van der Waals surface area contributed by atoms with Crippen LogP contribution in [0.25, 0.3) is 0 Å². The molecule has 0 aliphatic rings. The van der Waals surface area contributed by atoms with Gasteiger partial charge in [-0.05, 0) is 45.0 Å². The van der Waals surface area contributed by atoms with Crippen LogP contribution in [0.3, 0.4) is 0 Å². The smallest absolute Gasteiger partial charge is 0.162 e. The Hall–Kier alpha value is -5.04. The van der Waals surface area contributed by atoms with Gasteiger partial charge in [0, 0.05) is 40.9 Å². The van der Waals surface area contributed by atoms with E-state index in [0.29, 0.717) is 18.4 Å². The molecule has 47 heavy (non-hydrogen) atoms. The third kappa shape index (κ3) is 15.2. The number of benzene rings is 5. The Kier molecular flexibility index (Phi) is 17.6. The lowest BCUT2D eigenvalue weighted by atomic mass is 10.1. The van der Waals surface area contributed by atoms with Gasteiger partial charge in [-0.1, -0.05) is 140 Å². The molecule has 1 unspecified atom stereocenters. The van der Waals surface area contributed by atoms with Crippen LogP contribution in [0.2, 0.25) is 0 Å². The van der Waals surface area contributed by atoms with Crippen molar-refractivity contribution in [3.8, 4) is 0 Å². The molecule has 5 aromatic rings. The van der Waals surface area contributed by atoms with Gasteiger partial charge in [-0.25, -0.2) is 0 Å². The number of aryl methyl sites for hydroxylation is 3. The fourth-order valence-corrected chi connectivity index (χ4v) is 4.07. The van der Waals surface area contributed by atoms with E-state index in [-0.39, 0.29) is 18.3 Å². The van der Waals surface area contributed by atoms with E-state index < -0.39 is 6.23 Å². The molecular formula is C41H48N2O4. The fraction of sp³-hybridized carbons (Fsp3) is 0.220. The SMILES string of the molecule is CCC(=O)c1ccc(C(O)Nc2ccc(C)cc2)cc1.CCC(=O)c1ccccc1.Cc1ccc(NCO)cc1.Cc1ccccc1. The van der Waals surface area contributed by atoms with E-state index >= 15 is 0 Å². The van der Waals surface area contributed by atoms with E-state index in [1.54, 1.807) is 24.3 Å². The molecule has 1 atom stereocenters. The number of anilines is 2. The molecule has 5 aromatic carbocycles. The maximum Gasteiger partial charge on any atom is 0.162 e. The van der Waals surface area contributed by atoms with Gasteiger partial charge in [-0.2, -0.15) is 0 Å². The van der Waals surface area contributed by atoms with Crippen LogP contribution in [0.5, 0.6) is 0 Å². The summed E-state index contributed by atoms with van der Waals surface area (Å²) in [7, 11) is 0. The first-order valence-corrected chi connectivity index (χ1v) is 15.8. The maximum absolute atomic E-state index is 11.5. The number of hydrogen-bond donors (Lipinski definition) is 4. The van der Waals surface area contributed by atoms with Gasteiger partial charge >= 0.3 is 0 Å². The van der Waals surface area contributed by atoms with Crippen LogP contribution in [0.1, 0.15) is 75.9 Å². The lowest BCUT2D eigenvalue weighted by Gasteiger charge is -2.15. The largest absolute Gasteiger partial charge is 0.377 e. The van der Waals surface area contributed by atoms with Gasteiger partial charge in [-0.15, -0.1) is 0 Å². The lowest BCUT2D eigenvalue weighted by molar-refractivity contribution is 0.0980. The van der Waals surface area contributed by atoms with Crippen LogP contribution in [-0.2, 0) is 0 Å². The highest BCUT2D eigenvalue weighted by molar-refractivity contribution is 5.96. The summed E-state index contributed by atoms with van der Waals surface area (Å²) < 4.78 is 0. The minimum Gasteiger partial charge on any atom is -0.377 e. The summed E-state index contributed by atoms with van der Waals surface area (Å²) in [6.07, 6.45) is 0.288. The standard InChI is InChI=1S/C17H19NO2.C9H10O.C8H11NO.C7H8/c1-3-16(19)13-6-8-14(9-7-13)17(20)18-15-10-4-12(2)5-11-15;1-2-9(10)8-6-4-3-5-7-8;1-7-2-4-8(5-3-7)9-6-10;1-7-5-3-2-4-6-7/h4-11,17-18,20H,3H2,1-2H3;3-7H,2H2,1H3;2-5,9-10H,6H2,1H3;2-6H,1H3. The number of ketones is 2. The summed E-state index contributed by atoms with van der Waals surface area (Å²) in [5.41, 5.74) is 7.75. The molecule has 0 saturated carbocycles. The Labute approximate surface area is 280 Å². The molecule has 5 rings (SSSR count). The van der Waals surface area contributed by atoms with E-state index in [9.17, 15) is 14.7 Å². The van der Waals surface area contributed by atoms with Crippen molar-refractivity contribution in [3.05, 3.63) is 167 Å². The predicted molar refractivity (Wildman–Crippen MR) is 195 cm³/mol. The highest BCUT2D eigenvalue weighted by Crippen LogP contribution is 2.19. The summed E-state index contributed by atoms with van der Waals surface area (Å²) in [5, 5.41) is 24.4. The van der Waals surface area contributed by atoms with E-state index in [4.69, 9.17) is 5.11 Å². The molecule has 0 spiro atoms. The number of carbonyl (C=O) groups excluding carboxylic acids is 2. The van der Waals surface area contributed by atoms with Gasteiger partial charge in [0.1, 0.15) is 6.73 Å². The van der Waals surface area contributed by atoms with Crippen LogP contribution in [0.15, 0.2) is 133 Å². The summed E-state index contributed by atoms with van der Waals surface area (Å²) in [5.74, 6) is 0.318. The van der Waals surface area contributed by atoms with Crippen molar-refractivity contribution in [3.63, 3.8) is 0 Å². The molecule has 0 aliphatic heterocycles. The zero-order valence-electron chi connectivity index (χ0n) is 28.1. The molecular weight excluding hydrogens is 584 g/mol. The van der Waals surface area contributed by atoms with E-state index in [1.807, 2.05) is 125 Å². The van der Waals surface area contributed by atoms with Crippen molar-refractivity contribution in [2.24, 2.45) is 0 Å². The van der Waals surface area contributed by atoms with E-state index in [1.165, 1.54) is 16.7 Å². The second-order valence-corrected chi connectivity index (χ2v) is 10.8. The molecule has 0 aromatic heterocycles. The highest BCUT2D eigenvalue weighted by atomic mass is 16.3. The molecule has 6 nitrogen and oxygen atoms in total. The minimum absolute atomic E-state index is 0.0109. The van der Waals surface area contributed by atoms with Crippen molar-refractivity contribution in [2.45, 2.75) is 53.7 Å². The Morgan fingerprint density at radius 2 is 0.957 bits per heavy atom. The van der Waals surface area contributed by atoms with Gasteiger partial charge < -0.3 is 20.8 Å². The second-order valence-electron chi connectivity index (χ2n) is 10.8. The minimum atomic E-state index is -0.788. The first-order chi connectivity index (χ1) is 22.7. The average Bonchev–Trinajstić information content (AvgIpc) is 3.11. The fourth-order valence-electron chi connectivity index (χ4n) is 4.07. The highest BCUT2D eigenvalue weighted by Gasteiger charge is 2.09. The number of rotatable bonds is 9. The lowest BCUT2D eigenvalue weighted by Crippen LogP contribution is -2.10. The van der Waals surface area contributed by atoms with Gasteiger partial charge in [-0.3, -0.25) is 9.59 Å². The predicted octanol–water partition coefficient (Wildman–Crippen LogP) is 9.32. The average molecular weight is 633 g/mol. The van der Waals surface area contributed by atoms with Crippen LogP contribution in [0.4, 0.5) is 11.4 Å². The van der Waals surface area contributed by atoms with Gasteiger partial charge in [0.15, 0.2) is 17.8 Å². The number of aliphatic hydroxyl groups excluding tert-OH is 2. The van der Waals surface area contributed by atoms with Gasteiger partial charge in [0.05, 0.1) is 0 Å². The van der Waals surface area contributed by atoms with E-state index in [2.05, 4.69) is 29.7 Å². The molecule has 6 heteroatoms. The molecule has 0 bridgehead atoms. The topological polar surface area (TPSA) is 98.7 Å². The Morgan fingerprint density at radius 1 is 0.553 bits per heavy atom. The van der Waals surface area contributed by atoms with Crippen molar-refractivity contribution in [1.82, 2.24) is 0 Å². The number of nitrogens with one attached hydrogen (secondary N) is 2. The van der Waals surface area contributed by atoms with Crippen LogP contribution in [0, 0.1) is 20.8 Å². The Bertz CT molecular complexity index is 1570. The molecule has 246 valence electrons. The van der Waals surface area contributed by atoms with Crippen LogP contribution in [-0.4, -0.2) is 28.5 Å². The summed E-state index contributed by atoms with van der Waals surface area (Å²) in [4.78, 5) is 22.6. The van der Waals surface area contributed by atoms with Gasteiger partial charge in [0.25, 0.3) is 0 Å². The molecule has 0 saturated heterocycles. The quantitative estimate of drug-likeness (QED) is 0.0955. The third-order valence-corrected chi connectivity index (χ3v) is 6.92. The second kappa shape index (κ2) is 21.7. The van der Waals surface area contributed by atoms with E-state index in [0.717, 1.165) is 22.5 Å². The number of aliphatic hydroxyl groups is 2. The van der Waals surface area contributed by atoms with Crippen molar-refractivity contribution >= 4 is 22.9 Å². The summed E-state index contributed by atoms with van der Waals surface area (Å²) in [6.45, 7) is 9.83. The van der Waals surface area contributed by atoms with Gasteiger partial charge in [0.2, 0.25) is 0 Å². The third-order valence-electron chi connectivity index (χ3n) is 6.92. The van der Waals surface area contributed by atoms with Crippen molar-refractivity contribution < 1.29 is 19.8 Å². The monoisotopic (exact) mass is 632 g/mol. The zero-order chi connectivity index (χ0) is 34.4. The van der Waals surface area contributed by atoms with Crippen LogP contribution >= 0.6 is 0 Å². The molecule has 0 aliphatic carbocycles. The number of hydrogen-bond acceptors (Lipinski definition) is 6. The Balaban J connectivity index is 0.000000239. The first kappa shape index (κ1) is 38.1. The summed E-state index contributed by atoms with van der Waals surface area (Å²) >= 11 is 0.